The number of benzene rings is 2. The van der Waals surface area contributed by atoms with Crippen molar-refractivity contribution < 1.29 is 27.4 Å². The monoisotopic (exact) mass is 369 g/mol. The van der Waals surface area contributed by atoms with Crippen molar-refractivity contribution in [2.75, 3.05) is 13.7 Å². The molecule has 1 N–H and O–H groups in total. The molecule has 26 heavy (non-hydrogen) atoms. The molecule has 2 aromatic rings. The number of halogens is 3. The largest absolute Gasteiger partial charge is 0.496 e. The number of methoxy groups -OCH3 is 1. The van der Waals surface area contributed by atoms with E-state index in [2.05, 4.69) is 10.1 Å². The van der Waals surface area contributed by atoms with Crippen molar-refractivity contribution in [2.24, 2.45) is 0 Å². The molecule has 1 atom stereocenters. The fraction of sp³-hybridized carbons (Fsp3) is 0.368. The van der Waals surface area contributed by atoms with Gasteiger partial charge in [0.05, 0.1) is 13.7 Å². The Bertz CT molecular complexity index is 725. The third-order valence-corrected chi connectivity index (χ3v) is 3.79. The van der Waals surface area contributed by atoms with E-state index >= 15 is 0 Å². The van der Waals surface area contributed by atoms with Crippen LogP contribution in [0.5, 0.6) is 17.2 Å². The van der Waals surface area contributed by atoms with Gasteiger partial charge in [0, 0.05) is 18.2 Å². The Labute approximate surface area is 150 Å². The second-order valence-corrected chi connectivity index (χ2v) is 5.58. The lowest BCUT2D eigenvalue weighted by Gasteiger charge is -2.18. The lowest BCUT2D eigenvalue weighted by Crippen LogP contribution is -2.19. The second kappa shape index (κ2) is 9.33. The third-order valence-electron chi connectivity index (χ3n) is 3.79. The van der Waals surface area contributed by atoms with Crippen LogP contribution in [-0.2, 0) is 6.54 Å². The summed E-state index contributed by atoms with van der Waals surface area (Å²) in [6.07, 6.45) is 0. The van der Waals surface area contributed by atoms with Crippen molar-refractivity contribution in [3.05, 3.63) is 53.3 Å². The average Bonchev–Trinajstić information content (AvgIpc) is 2.61. The first-order valence-electron chi connectivity index (χ1n) is 8.22. The summed E-state index contributed by atoms with van der Waals surface area (Å²) in [5.74, 6) is 0.484. The van der Waals surface area contributed by atoms with Crippen LogP contribution in [-0.4, -0.2) is 20.3 Å². The van der Waals surface area contributed by atoms with E-state index in [4.69, 9.17) is 9.47 Å². The molecule has 0 amide bonds. The van der Waals surface area contributed by atoms with Crippen molar-refractivity contribution in [3.8, 4) is 17.2 Å². The van der Waals surface area contributed by atoms with Gasteiger partial charge in [0.25, 0.3) is 0 Å². The Morgan fingerprint density at radius 3 is 2.42 bits per heavy atom. The third kappa shape index (κ3) is 5.29. The lowest BCUT2D eigenvalue weighted by atomic mass is 10.1. The van der Waals surface area contributed by atoms with Crippen molar-refractivity contribution in [2.45, 2.75) is 33.0 Å². The predicted octanol–water partition coefficient (Wildman–Crippen LogP) is 4.69. The van der Waals surface area contributed by atoms with E-state index in [0.29, 0.717) is 24.5 Å². The van der Waals surface area contributed by atoms with E-state index < -0.39 is 6.61 Å². The van der Waals surface area contributed by atoms with Gasteiger partial charge in [-0.2, -0.15) is 8.78 Å². The first kappa shape index (κ1) is 19.9. The highest BCUT2D eigenvalue weighted by Gasteiger charge is 2.14. The molecule has 2 aromatic carbocycles. The molecule has 0 heterocycles. The van der Waals surface area contributed by atoms with Crippen LogP contribution in [0.4, 0.5) is 13.2 Å². The fourth-order valence-electron chi connectivity index (χ4n) is 2.55. The zero-order valence-electron chi connectivity index (χ0n) is 14.9. The molecule has 0 saturated heterocycles. The number of ether oxygens (including phenoxy) is 3. The Balaban J connectivity index is 2.11. The molecule has 142 valence electrons. The van der Waals surface area contributed by atoms with Crippen LogP contribution in [0.2, 0.25) is 0 Å². The van der Waals surface area contributed by atoms with Crippen LogP contribution in [0.15, 0.2) is 36.4 Å². The van der Waals surface area contributed by atoms with E-state index in [1.165, 1.54) is 25.3 Å². The topological polar surface area (TPSA) is 39.7 Å². The maximum atomic E-state index is 13.5. The van der Waals surface area contributed by atoms with Crippen molar-refractivity contribution in [1.29, 1.82) is 0 Å². The van der Waals surface area contributed by atoms with Crippen LogP contribution in [0.1, 0.15) is 31.0 Å². The summed E-state index contributed by atoms with van der Waals surface area (Å²) in [6, 6.07) is 8.90. The molecule has 0 aromatic heterocycles. The zero-order valence-corrected chi connectivity index (χ0v) is 14.9. The SMILES string of the molecule is CCOc1cc(CNC(C)c2cc(F)ccc2OC)ccc1OC(F)F. The van der Waals surface area contributed by atoms with E-state index in [1.54, 1.807) is 25.1 Å². The van der Waals surface area contributed by atoms with Crippen LogP contribution in [0.3, 0.4) is 0 Å². The standard InChI is InChI=1S/C19H22F3NO3/c1-4-25-18-9-13(5-7-17(18)26-19(21)22)11-23-12(2)15-10-14(20)6-8-16(15)24-3/h5-10,12,19,23H,4,11H2,1-3H3. The summed E-state index contributed by atoms with van der Waals surface area (Å²) in [4.78, 5) is 0. The number of alkyl halides is 2. The molecule has 0 bridgehead atoms. The Hall–Kier alpha value is -2.41. The molecule has 1 unspecified atom stereocenters. The number of hydrogen-bond donors (Lipinski definition) is 1. The average molecular weight is 369 g/mol. The fourth-order valence-corrected chi connectivity index (χ4v) is 2.55. The highest BCUT2D eigenvalue weighted by Crippen LogP contribution is 2.31. The number of hydrogen-bond acceptors (Lipinski definition) is 4. The van der Waals surface area contributed by atoms with Crippen LogP contribution in [0.25, 0.3) is 0 Å². The van der Waals surface area contributed by atoms with Gasteiger partial charge in [0.15, 0.2) is 11.5 Å². The minimum absolute atomic E-state index is 0.00884. The first-order chi connectivity index (χ1) is 12.4. The Morgan fingerprint density at radius 1 is 1.04 bits per heavy atom. The maximum Gasteiger partial charge on any atom is 0.387 e. The van der Waals surface area contributed by atoms with Gasteiger partial charge in [0.2, 0.25) is 0 Å². The Kier molecular flexibility index (Phi) is 7.15. The second-order valence-electron chi connectivity index (χ2n) is 5.58. The van der Waals surface area contributed by atoms with Gasteiger partial charge in [0.1, 0.15) is 11.6 Å². The van der Waals surface area contributed by atoms with Crippen molar-refractivity contribution >= 4 is 0 Å². The molecule has 4 nitrogen and oxygen atoms in total. The van der Waals surface area contributed by atoms with Gasteiger partial charge in [-0.05, 0) is 49.7 Å². The number of rotatable bonds is 9. The van der Waals surface area contributed by atoms with Gasteiger partial charge in [-0.25, -0.2) is 4.39 Å². The van der Waals surface area contributed by atoms with E-state index in [1.807, 2.05) is 6.92 Å². The molecule has 0 aliphatic heterocycles. The quantitative estimate of drug-likeness (QED) is 0.696. The molecular weight excluding hydrogens is 347 g/mol. The Morgan fingerprint density at radius 2 is 1.77 bits per heavy atom. The summed E-state index contributed by atoms with van der Waals surface area (Å²) in [6.45, 7) is 1.48. The van der Waals surface area contributed by atoms with Gasteiger partial charge in [-0.3, -0.25) is 0 Å². The van der Waals surface area contributed by atoms with Crippen LogP contribution in [0, 0.1) is 5.82 Å². The molecule has 0 saturated carbocycles. The summed E-state index contributed by atoms with van der Waals surface area (Å²) in [7, 11) is 1.53. The summed E-state index contributed by atoms with van der Waals surface area (Å²) in [5.41, 5.74) is 1.51. The highest BCUT2D eigenvalue weighted by molar-refractivity contribution is 5.43. The molecule has 0 aliphatic rings. The molecule has 0 radical (unpaired) electrons. The van der Waals surface area contributed by atoms with Crippen molar-refractivity contribution in [1.82, 2.24) is 5.32 Å². The molecule has 0 fully saturated rings. The lowest BCUT2D eigenvalue weighted by molar-refractivity contribution is -0.0514. The van der Waals surface area contributed by atoms with Crippen LogP contribution < -0.4 is 19.5 Å². The van der Waals surface area contributed by atoms with Gasteiger partial charge in [-0.1, -0.05) is 6.07 Å². The maximum absolute atomic E-state index is 13.5. The molecule has 2 rings (SSSR count). The predicted molar refractivity (Wildman–Crippen MR) is 92.4 cm³/mol. The molecule has 0 aliphatic carbocycles. The molecular formula is C19H22F3NO3. The molecule has 0 spiro atoms. The van der Waals surface area contributed by atoms with Gasteiger partial charge < -0.3 is 19.5 Å². The van der Waals surface area contributed by atoms with Gasteiger partial charge >= 0.3 is 6.61 Å². The smallest absolute Gasteiger partial charge is 0.387 e. The molecule has 7 heteroatoms. The van der Waals surface area contributed by atoms with Crippen molar-refractivity contribution in [3.63, 3.8) is 0 Å². The van der Waals surface area contributed by atoms with E-state index in [0.717, 1.165) is 5.56 Å². The summed E-state index contributed by atoms with van der Waals surface area (Å²) in [5, 5.41) is 3.26. The minimum Gasteiger partial charge on any atom is -0.496 e. The first-order valence-corrected chi connectivity index (χ1v) is 8.22. The minimum atomic E-state index is -2.92. The van der Waals surface area contributed by atoms with Gasteiger partial charge in [-0.15, -0.1) is 0 Å². The van der Waals surface area contributed by atoms with E-state index in [-0.39, 0.29) is 23.4 Å². The van der Waals surface area contributed by atoms with E-state index in [9.17, 15) is 13.2 Å². The highest BCUT2D eigenvalue weighted by atomic mass is 19.3. The zero-order chi connectivity index (χ0) is 19.1. The van der Waals surface area contributed by atoms with Crippen LogP contribution >= 0.6 is 0 Å². The summed E-state index contributed by atoms with van der Waals surface area (Å²) < 4.78 is 53.5. The normalized spacial score (nSPS) is 12.1. The summed E-state index contributed by atoms with van der Waals surface area (Å²) >= 11 is 0. The number of nitrogens with one attached hydrogen (secondary N) is 1.